The molecule has 0 amide bonds. The van der Waals surface area contributed by atoms with Crippen molar-refractivity contribution in [1.29, 1.82) is 0 Å². The molecule has 0 radical (unpaired) electrons. The predicted molar refractivity (Wildman–Crippen MR) is 80.5 cm³/mol. The van der Waals surface area contributed by atoms with Crippen LogP contribution in [0, 0.1) is 18.6 Å². The van der Waals surface area contributed by atoms with Gasteiger partial charge in [-0.25, -0.2) is 23.3 Å². The maximum Gasteiger partial charge on any atom is 0.158 e. The molecule has 0 aromatic carbocycles. The van der Waals surface area contributed by atoms with Crippen molar-refractivity contribution in [3.63, 3.8) is 0 Å². The van der Waals surface area contributed by atoms with Crippen LogP contribution in [0.1, 0.15) is 30.0 Å². The number of imidazole rings is 1. The van der Waals surface area contributed by atoms with E-state index in [0.717, 1.165) is 30.2 Å². The Labute approximate surface area is 133 Å². The second-order valence-corrected chi connectivity index (χ2v) is 6.24. The second-order valence-electron chi connectivity index (χ2n) is 5.49. The molecule has 7 heteroatoms. The fourth-order valence-corrected chi connectivity index (χ4v) is 2.86. The highest BCUT2D eigenvalue weighted by Gasteiger charge is 2.28. The highest BCUT2D eigenvalue weighted by molar-refractivity contribution is 9.10. The zero-order chi connectivity index (χ0) is 15.4. The molecule has 0 aliphatic heterocycles. The molecule has 4 rings (SSSR count). The zero-order valence-corrected chi connectivity index (χ0v) is 13.2. The highest BCUT2D eigenvalue weighted by Crippen LogP contribution is 2.40. The summed E-state index contributed by atoms with van der Waals surface area (Å²) in [7, 11) is 0. The molecule has 1 aliphatic carbocycles. The Kier molecular flexibility index (Phi) is 3.00. The first-order valence-electron chi connectivity index (χ1n) is 6.92. The van der Waals surface area contributed by atoms with Crippen LogP contribution in [0.15, 0.2) is 22.9 Å². The number of hydrogen-bond donors (Lipinski definition) is 0. The topological polar surface area (TPSA) is 43.1 Å². The van der Waals surface area contributed by atoms with Gasteiger partial charge in [-0.3, -0.25) is 0 Å². The van der Waals surface area contributed by atoms with Crippen LogP contribution in [-0.4, -0.2) is 19.6 Å². The lowest BCUT2D eigenvalue weighted by atomic mass is 10.2. The van der Waals surface area contributed by atoms with Gasteiger partial charge in [-0.15, -0.1) is 0 Å². The van der Waals surface area contributed by atoms with E-state index in [1.165, 1.54) is 6.20 Å². The molecule has 3 heterocycles. The molecule has 3 aromatic heterocycles. The van der Waals surface area contributed by atoms with E-state index in [-0.39, 0.29) is 10.3 Å². The molecule has 1 aliphatic rings. The summed E-state index contributed by atoms with van der Waals surface area (Å²) in [5.74, 6) is -1.01. The minimum atomic E-state index is -0.738. The van der Waals surface area contributed by atoms with Gasteiger partial charge in [0.05, 0.1) is 11.9 Å². The third-order valence-corrected chi connectivity index (χ3v) is 4.37. The first-order valence-corrected chi connectivity index (χ1v) is 7.71. The predicted octanol–water partition coefficient (Wildman–Crippen LogP) is 4.02. The molecule has 3 aromatic rings. The Hall–Kier alpha value is -1.89. The van der Waals surface area contributed by atoms with Crippen molar-refractivity contribution in [1.82, 2.24) is 19.6 Å². The number of aryl methyl sites for hydroxylation is 1. The van der Waals surface area contributed by atoms with E-state index in [2.05, 4.69) is 31.0 Å². The summed E-state index contributed by atoms with van der Waals surface area (Å²) < 4.78 is 29.0. The molecule has 0 unspecified atom stereocenters. The zero-order valence-electron chi connectivity index (χ0n) is 11.6. The van der Waals surface area contributed by atoms with Crippen LogP contribution < -0.4 is 0 Å². The van der Waals surface area contributed by atoms with Gasteiger partial charge in [0.1, 0.15) is 16.0 Å². The Morgan fingerprint density at radius 3 is 2.73 bits per heavy atom. The van der Waals surface area contributed by atoms with E-state index < -0.39 is 11.6 Å². The van der Waals surface area contributed by atoms with Gasteiger partial charge < -0.3 is 0 Å². The van der Waals surface area contributed by atoms with Crippen molar-refractivity contribution in [2.75, 3.05) is 0 Å². The minimum absolute atomic E-state index is 0.0267. The third-order valence-electron chi connectivity index (χ3n) is 3.82. The van der Waals surface area contributed by atoms with Crippen molar-refractivity contribution in [3.8, 4) is 11.4 Å². The van der Waals surface area contributed by atoms with Crippen LogP contribution in [-0.2, 0) is 0 Å². The standard InChI is InChI=1S/C15H11BrF2N4/c1-7-4-12-19-6-11(22(12)21-13(7)8-2-3-8)14-9(17)5-10(18)15(16)20-14/h4-6,8H,2-3H2,1H3. The number of hydrogen-bond acceptors (Lipinski definition) is 3. The van der Waals surface area contributed by atoms with Gasteiger partial charge in [-0.05, 0) is 47.3 Å². The molecular weight excluding hydrogens is 354 g/mol. The van der Waals surface area contributed by atoms with Gasteiger partial charge in [0.2, 0.25) is 0 Å². The lowest BCUT2D eigenvalue weighted by Gasteiger charge is -2.07. The summed E-state index contributed by atoms with van der Waals surface area (Å²) in [5.41, 5.74) is 3.15. The van der Waals surface area contributed by atoms with Gasteiger partial charge in [0.15, 0.2) is 17.3 Å². The number of aromatic nitrogens is 4. The molecule has 22 heavy (non-hydrogen) atoms. The monoisotopic (exact) mass is 364 g/mol. The van der Waals surface area contributed by atoms with E-state index in [4.69, 9.17) is 0 Å². The summed E-state index contributed by atoms with van der Waals surface area (Å²) >= 11 is 2.99. The molecular formula is C15H11BrF2N4. The van der Waals surface area contributed by atoms with Crippen LogP contribution in [0.2, 0.25) is 0 Å². The van der Waals surface area contributed by atoms with Gasteiger partial charge in [0.25, 0.3) is 0 Å². The maximum atomic E-state index is 14.1. The summed E-state index contributed by atoms with van der Waals surface area (Å²) in [6, 6.07) is 2.74. The van der Waals surface area contributed by atoms with Gasteiger partial charge in [-0.1, -0.05) is 0 Å². The summed E-state index contributed by atoms with van der Waals surface area (Å²) in [5, 5.41) is 4.60. The summed E-state index contributed by atoms with van der Waals surface area (Å²) in [6.07, 6.45) is 3.75. The fraction of sp³-hybridized carbons (Fsp3) is 0.267. The van der Waals surface area contributed by atoms with Crippen LogP contribution in [0.25, 0.3) is 17.0 Å². The fourth-order valence-electron chi connectivity index (χ4n) is 2.56. The maximum absolute atomic E-state index is 14.1. The number of rotatable bonds is 2. The normalized spacial score (nSPS) is 14.7. The largest absolute Gasteiger partial charge is 0.235 e. The Morgan fingerprint density at radius 2 is 2.00 bits per heavy atom. The molecule has 4 nitrogen and oxygen atoms in total. The lowest BCUT2D eigenvalue weighted by Crippen LogP contribution is -2.03. The number of halogens is 3. The number of fused-ring (bicyclic) bond motifs is 1. The molecule has 0 spiro atoms. The molecule has 0 N–H and O–H groups in total. The molecule has 1 saturated carbocycles. The van der Waals surface area contributed by atoms with Crippen molar-refractivity contribution < 1.29 is 8.78 Å². The Bertz CT molecular complexity index is 902. The Morgan fingerprint density at radius 1 is 1.23 bits per heavy atom. The average Bonchev–Trinajstić information content (AvgIpc) is 3.24. The molecule has 0 saturated heterocycles. The first kappa shape index (κ1) is 13.8. The van der Waals surface area contributed by atoms with Crippen molar-refractivity contribution in [2.24, 2.45) is 0 Å². The second kappa shape index (κ2) is 4.81. The lowest BCUT2D eigenvalue weighted by molar-refractivity contribution is 0.569. The molecule has 112 valence electrons. The smallest absolute Gasteiger partial charge is 0.158 e. The van der Waals surface area contributed by atoms with E-state index in [1.54, 1.807) is 4.52 Å². The van der Waals surface area contributed by atoms with E-state index in [0.29, 0.717) is 17.3 Å². The van der Waals surface area contributed by atoms with Crippen LogP contribution >= 0.6 is 15.9 Å². The van der Waals surface area contributed by atoms with Crippen molar-refractivity contribution >= 4 is 21.6 Å². The van der Waals surface area contributed by atoms with Gasteiger partial charge in [0, 0.05) is 12.0 Å². The quantitative estimate of drug-likeness (QED) is 0.645. The highest BCUT2D eigenvalue weighted by atomic mass is 79.9. The first-order chi connectivity index (χ1) is 10.5. The van der Waals surface area contributed by atoms with E-state index >= 15 is 0 Å². The minimum Gasteiger partial charge on any atom is -0.235 e. The Balaban J connectivity index is 1.95. The summed E-state index contributed by atoms with van der Waals surface area (Å²) in [6.45, 7) is 2.00. The third kappa shape index (κ3) is 2.11. The molecule has 1 fully saturated rings. The van der Waals surface area contributed by atoms with Crippen LogP contribution in [0.3, 0.4) is 0 Å². The number of nitrogens with zero attached hydrogens (tertiary/aromatic N) is 4. The van der Waals surface area contributed by atoms with Gasteiger partial charge >= 0.3 is 0 Å². The van der Waals surface area contributed by atoms with E-state index in [1.807, 2.05) is 13.0 Å². The van der Waals surface area contributed by atoms with Gasteiger partial charge in [-0.2, -0.15) is 5.10 Å². The number of pyridine rings is 1. The van der Waals surface area contributed by atoms with Crippen molar-refractivity contribution in [3.05, 3.63) is 45.8 Å². The van der Waals surface area contributed by atoms with Crippen LogP contribution in [0.5, 0.6) is 0 Å². The molecule has 0 bridgehead atoms. The van der Waals surface area contributed by atoms with E-state index in [9.17, 15) is 8.78 Å². The van der Waals surface area contributed by atoms with Crippen molar-refractivity contribution in [2.45, 2.75) is 25.7 Å². The molecule has 0 atom stereocenters. The SMILES string of the molecule is Cc1cc2ncc(-c3nc(Br)c(F)cc3F)n2nc1C1CC1. The average molecular weight is 365 g/mol. The summed E-state index contributed by atoms with van der Waals surface area (Å²) in [4.78, 5) is 8.20. The van der Waals surface area contributed by atoms with Crippen LogP contribution in [0.4, 0.5) is 8.78 Å².